The van der Waals surface area contributed by atoms with E-state index in [0.29, 0.717) is 0 Å². The van der Waals surface area contributed by atoms with Crippen LogP contribution in [0.2, 0.25) is 0 Å². The summed E-state index contributed by atoms with van der Waals surface area (Å²) in [5.41, 5.74) is -0.390. The summed E-state index contributed by atoms with van der Waals surface area (Å²) in [5, 5.41) is 13.8. The van der Waals surface area contributed by atoms with Crippen LogP contribution < -0.4 is 10.1 Å². The van der Waals surface area contributed by atoms with Crippen molar-refractivity contribution in [1.82, 2.24) is 8.61 Å². The van der Waals surface area contributed by atoms with Gasteiger partial charge >= 0.3 is 0 Å². The number of carbonyl (C=O) groups excluding carboxylic acids is 1. The van der Waals surface area contributed by atoms with Gasteiger partial charge in [0, 0.05) is 31.8 Å². The second-order valence-electron chi connectivity index (χ2n) is 8.25. The monoisotopic (exact) mass is 560 g/mol. The fourth-order valence-electron chi connectivity index (χ4n) is 4.05. The number of benzene rings is 3. The van der Waals surface area contributed by atoms with E-state index in [4.69, 9.17) is 4.74 Å². The molecule has 0 aliphatic carbocycles. The summed E-state index contributed by atoms with van der Waals surface area (Å²) in [6.07, 6.45) is 0. The molecule has 1 amide bonds. The Hall–Kier alpha value is -3.85. The van der Waals surface area contributed by atoms with Crippen LogP contribution in [0.4, 0.5) is 11.4 Å². The van der Waals surface area contributed by atoms with E-state index in [2.05, 4.69) is 5.32 Å². The van der Waals surface area contributed by atoms with Crippen molar-refractivity contribution < 1.29 is 31.3 Å². The molecule has 0 unspecified atom stereocenters. The molecule has 4 rings (SSSR count). The molecule has 1 heterocycles. The van der Waals surface area contributed by atoms with Gasteiger partial charge in [-0.05, 0) is 30.3 Å². The minimum absolute atomic E-state index is 0.00104. The van der Waals surface area contributed by atoms with Crippen molar-refractivity contribution in [3.8, 4) is 5.75 Å². The highest BCUT2D eigenvalue weighted by atomic mass is 32.2. The Morgan fingerprint density at radius 2 is 1.50 bits per heavy atom. The van der Waals surface area contributed by atoms with E-state index in [-0.39, 0.29) is 40.0 Å². The third-order valence-corrected chi connectivity index (χ3v) is 9.78. The molecule has 3 aromatic rings. The van der Waals surface area contributed by atoms with Crippen LogP contribution in [0.25, 0.3) is 0 Å². The van der Waals surface area contributed by atoms with Gasteiger partial charge in [-0.1, -0.05) is 36.4 Å². The van der Waals surface area contributed by atoms with Gasteiger partial charge in [-0.3, -0.25) is 14.9 Å². The lowest BCUT2D eigenvalue weighted by Crippen LogP contribution is -2.60. The average Bonchev–Trinajstić information content (AvgIpc) is 2.93. The molecule has 1 aliphatic heterocycles. The van der Waals surface area contributed by atoms with E-state index < -0.39 is 43.5 Å². The lowest BCUT2D eigenvalue weighted by Gasteiger charge is -2.39. The van der Waals surface area contributed by atoms with Crippen molar-refractivity contribution >= 4 is 37.3 Å². The lowest BCUT2D eigenvalue weighted by molar-refractivity contribution is -0.384. The van der Waals surface area contributed by atoms with Crippen molar-refractivity contribution in [3.05, 3.63) is 89.0 Å². The molecule has 0 spiro atoms. The Kier molecular flexibility index (Phi) is 7.78. The van der Waals surface area contributed by atoms with Gasteiger partial charge in [0.2, 0.25) is 26.0 Å². The normalized spacial score (nSPS) is 17.0. The summed E-state index contributed by atoms with van der Waals surface area (Å²) in [6, 6.07) is 17.1. The van der Waals surface area contributed by atoms with E-state index in [9.17, 15) is 31.7 Å². The van der Waals surface area contributed by atoms with Crippen LogP contribution in [0.15, 0.2) is 88.7 Å². The Labute approximate surface area is 219 Å². The zero-order chi connectivity index (χ0) is 27.5. The Morgan fingerprint density at radius 3 is 2.05 bits per heavy atom. The number of anilines is 1. The van der Waals surface area contributed by atoms with Crippen LogP contribution in [0.5, 0.6) is 5.75 Å². The predicted octanol–water partition coefficient (Wildman–Crippen LogP) is 2.31. The van der Waals surface area contributed by atoms with E-state index in [1.54, 1.807) is 24.3 Å². The van der Waals surface area contributed by atoms with Crippen molar-refractivity contribution in [1.29, 1.82) is 0 Å². The van der Waals surface area contributed by atoms with Crippen molar-refractivity contribution in [2.24, 2.45) is 0 Å². The maximum absolute atomic E-state index is 13.6. The molecule has 0 aromatic heterocycles. The molecule has 200 valence electrons. The van der Waals surface area contributed by atoms with Gasteiger partial charge in [-0.15, -0.1) is 0 Å². The van der Waals surface area contributed by atoms with Gasteiger partial charge in [-0.25, -0.2) is 16.8 Å². The number of ether oxygens (including phenoxy) is 1. The molecule has 0 saturated carbocycles. The van der Waals surface area contributed by atoms with Crippen LogP contribution in [-0.4, -0.2) is 69.1 Å². The molecule has 0 bridgehead atoms. The standard InChI is InChI=1S/C24H24N4O8S2/c1-36-23-13-12-18(28(30)31)16-21(23)25-24(29)22-17-26(37(32,33)19-8-4-2-5-9-19)14-15-27(22)38(34,35)20-10-6-3-7-11-20/h2-13,16,22H,14-15,17H2,1H3,(H,25,29)/t22-/m1/s1. The summed E-state index contributed by atoms with van der Waals surface area (Å²) < 4.78 is 60.8. The van der Waals surface area contributed by atoms with Gasteiger partial charge in [0.05, 0.1) is 27.5 Å². The number of nitro benzene ring substituents is 1. The number of non-ortho nitro benzene ring substituents is 1. The first-order valence-corrected chi connectivity index (χ1v) is 14.2. The Morgan fingerprint density at radius 1 is 0.921 bits per heavy atom. The van der Waals surface area contributed by atoms with Crippen LogP contribution in [0.1, 0.15) is 0 Å². The van der Waals surface area contributed by atoms with E-state index >= 15 is 0 Å². The fraction of sp³-hybridized carbons (Fsp3) is 0.208. The Bertz CT molecular complexity index is 1550. The van der Waals surface area contributed by atoms with Gasteiger partial charge < -0.3 is 10.1 Å². The number of piperazine rings is 1. The number of methoxy groups -OCH3 is 1. The first-order valence-electron chi connectivity index (χ1n) is 11.3. The van der Waals surface area contributed by atoms with E-state index in [1.165, 1.54) is 55.6 Å². The zero-order valence-corrected chi connectivity index (χ0v) is 21.8. The molecule has 1 N–H and O–H groups in total. The number of rotatable bonds is 8. The van der Waals surface area contributed by atoms with Crippen molar-refractivity contribution in [2.45, 2.75) is 15.8 Å². The maximum Gasteiger partial charge on any atom is 0.271 e. The fourth-order valence-corrected chi connectivity index (χ4v) is 7.10. The molecule has 0 radical (unpaired) electrons. The largest absolute Gasteiger partial charge is 0.495 e. The number of amides is 1. The first-order chi connectivity index (χ1) is 18.1. The summed E-state index contributed by atoms with van der Waals surface area (Å²) in [5.74, 6) is -0.776. The second-order valence-corrected chi connectivity index (χ2v) is 12.1. The minimum Gasteiger partial charge on any atom is -0.495 e. The van der Waals surface area contributed by atoms with E-state index in [1.807, 2.05) is 0 Å². The van der Waals surface area contributed by atoms with Crippen LogP contribution in [-0.2, 0) is 24.8 Å². The average molecular weight is 561 g/mol. The van der Waals surface area contributed by atoms with Crippen LogP contribution >= 0.6 is 0 Å². The number of carbonyl (C=O) groups is 1. The first kappa shape index (κ1) is 27.2. The molecule has 1 aliphatic rings. The highest BCUT2D eigenvalue weighted by Crippen LogP contribution is 2.31. The number of nitrogens with one attached hydrogen (secondary N) is 1. The second kappa shape index (κ2) is 10.9. The predicted molar refractivity (Wildman–Crippen MR) is 138 cm³/mol. The smallest absolute Gasteiger partial charge is 0.271 e. The molecular formula is C24H24N4O8S2. The van der Waals surface area contributed by atoms with Gasteiger partial charge in [0.15, 0.2) is 0 Å². The molecule has 1 atom stereocenters. The highest BCUT2D eigenvalue weighted by Gasteiger charge is 2.43. The number of hydrogen-bond donors (Lipinski definition) is 1. The third kappa shape index (κ3) is 5.38. The quantitative estimate of drug-likeness (QED) is 0.325. The lowest BCUT2D eigenvalue weighted by atomic mass is 10.2. The third-order valence-electron chi connectivity index (χ3n) is 5.98. The van der Waals surface area contributed by atoms with Crippen LogP contribution in [0, 0.1) is 10.1 Å². The highest BCUT2D eigenvalue weighted by molar-refractivity contribution is 7.89. The number of nitrogens with zero attached hydrogens (tertiary/aromatic N) is 3. The number of sulfonamides is 2. The molecule has 38 heavy (non-hydrogen) atoms. The van der Waals surface area contributed by atoms with Gasteiger partial charge in [-0.2, -0.15) is 8.61 Å². The molecule has 3 aromatic carbocycles. The number of nitro groups is 1. The van der Waals surface area contributed by atoms with E-state index in [0.717, 1.165) is 14.7 Å². The summed E-state index contributed by atoms with van der Waals surface area (Å²) in [7, 11) is -6.95. The zero-order valence-electron chi connectivity index (χ0n) is 20.1. The summed E-state index contributed by atoms with van der Waals surface area (Å²) in [6.45, 7) is -0.965. The maximum atomic E-state index is 13.6. The summed E-state index contributed by atoms with van der Waals surface area (Å²) >= 11 is 0. The minimum atomic E-state index is -4.21. The van der Waals surface area contributed by atoms with Crippen molar-refractivity contribution in [3.63, 3.8) is 0 Å². The van der Waals surface area contributed by atoms with Gasteiger partial charge in [0.1, 0.15) is 11.8 Å². The molecule has 12 nitrogen and oxygen atoms in total. The number of hydrogen-bond acceptors (Lipinski definition) is 8. The van der Waals surface area contributed by atoms with Crippen LogP contribution in [0.3, 0.4) is 0 Å². The molecular weight excluding hydrogens is 536 g/mol. The molecule has 1 saturated heterocycles. The SMILES string of the molecule is COc1ccc([N+](=O)[O-])cc1NC(=O)[C@H]1CN(S(=O)(=O)c2ccccc2)CCN1S(=O)(=O)c1ccccc1. The molecule has 14 heteroatoms. The molecule has 1 fully saturated rings. The van der Waals surface area contributed by atoms with Crippen molar-refractivity contribution in [2.75, 3.05) is 32.1 Å². The van der Waals surface area contributed by atoms with Gasteiger partial charge in [0.25, 0.3) is 5.69 Å². The topological polar surface area (TPSA) is 156 Å². The summed E-state index contributed by atoms with van der Waals surface area (Å²) in [4.78, 5) is 24.1. The Balaban J connectivity index is 1.73.